The summed E-state index contributed by atoms with van der Waals surface area (Å²) < 4.78 is 0. The van der Waals surface area contributed by atoms with Crippen LogP contribution in [0.5, 0.6) is 0 Å². The molecule has 0 aliphatic rings. The monoisotopic (exact) mass is 127 g/mol. The van der Waals surface area contributed by atoms with Gasteiger partial charge in [-0.05, 0) is 13.0 Å². The van der Waals surface area contributed by atoms with Crippen LogP contribution in [0.4, 0.5) is 0 Å². The van der Waals surface area contributed by atoms with Crippen molar-refractivity contribution in [2.24, 2.45) is 0 Å². The minimum absolute atomic E-state index is 0.271. The number of allylic oxidation sites excluding steroid dienone is 3. The molecule has 0 aliphatic heterocycles. The number of nitrogens with zero attached hydrogens (tertiary/aromatic N) is 1. The number of hydrogen-bond acceptors (Lipinski definition) is 2. The smallest absolute Gasteiger partial charge is 0.186 e. The van der Waals surface area contributed by atoms with Crippen LogP contribution in [0, 0.1) is 0 Å². The molecular formula is C7H13NO. The van der Waals surface area contributed by atoms with Gasteiger partial charge in [-0.2, -0.15) is 0 Å². The van der Waals surface area contributed by atoms with Gasteiger partial charge in [0.15, 0.2) is 5.88 Å². The van der Waals surface area contributed by atoms with E-state index in [1.165, 1.54) is 0 Å². The van der Waals surface area contributed by atoms with Crippen LogP contribution in [0.15, 0.2) is 24.1 Å². The zero-order chi connectivity index (χ0) is 7.28. The van der Waals surface area contributed by atoms with Crippen molar-refractivity contribution in [1.29, 1.82) is 0 Å². The molecule has 0 heterocycles. The second-order valence-corrected chi connectivity index (χ2v) is 1.95. The second kappa shape index (κ2) is 4.01. The third-order valence-electron chi connectivity index (χ3n) is 0.896. The zero-order valence-electron chi connectivity index (χ0n) is 6.13. The van der Waals surface area contributed by atoms with Crippen LogP contribution in [-0.4, -0.2) is 24.1 Å². The van der Waals surface area contributed by atoms with Crippen molar-refractivity contribution in [2.45, 2.75) is 6.92 Å². The first-order valence-electron chi connectivity index (χ1n) is 2.87. The molecule has 0 fully saturated rings. The van der Waals surface area contributed by atoms with Crippen molar-refractivity contribution in [2.75, 3.05) is 14.1 Å². The first kappa shape index (κ1) is 8.08. The van der Waals surface area contributed by atoms with Crippen molar-refractivity contribution < 1.29 is 5.11 Å². The van der Waals surface area contributed by atoms with Crippen LogP contribution >= 0.6 is 0 Å². The van der Waals surface area contributed by atoms with Crippen LogP contribution in [0.2, 0.25) is 0 Å². The summed E-state index contributed by atoms with van der Waals surface area (Å²) in [6.07, 6.45) is 5.29. The summed E-state index contributed by atoms with van der Waals surface area (Å²) in [6, 6.07) is 0. The fourth-order valence-corrected chi connectivity index (χ4v) is 0.331. The fraction of sp³-hybridized carbons (Fsp3) is 0.429. The van der Waals surface area contributed by atoms with Gasteiger partial charge < -0.3 is 10.0 Å². The Labute approximate surface area is 56.1 Å². The van der Waals surface area contributed by atoms with Crippen LogP contribution in [0.25, 0.3) is 0 Å². The van der Waals surface area contributed by atoms with Crippen LogP contribution < -0.4 is 0 Å². The lowest BCUT2D eigenvalue weighted by molar-refractivity contribution is 0.264. The minimum Gasteiger partial charge on any atom is -0.495 e. The molecule has 0 saturated carbocycles. The third kappa shape index (κ3) is 3.64. The van der Waals surface area contributed by atoms with E-state index in [4.69, 9.17) is 5.11 Å². The molecule has 0 aromatic carbocycles. The van der Waals surface area contributed by atoms with Gasteiger partial charge >= 0.3 is 0 Å². The highest BCUT2D eigenvalue weighted by molar-refractivity contribution is 5.04. The second-order valence-electron chi connectivity index (χ2n) is 1.95. The molecule has 9 heavy (non-hydrogen) atoms. The minimum atomic E-state index is 0.271. The number of aliphatic hydroxyl groups excluding tert-OH is 1. The zero-order valence-corrected chi connectivity index (χ0v) is 6.13. The van der Waals surface area contributed by atoms with E-state index < -0.39 is 0 Å². The normalized spacial score (nSPS) is 12.6. The highest BCUT2D eigenvalue weighted by Crippen LogP contribution is 1.91. The average molecular weight is 127 g/mol. The molecule has 0 aliphatic carbocycles. The summed E-state index contributed by atoms with van der Waals surface area (Å²) in [4.78, 5) is 1.64. The Morgan fingerprint density at radius 3 is 2.33 bits per heavy atom. The summed E-state index contributed by atoms with van der Waals surface area (Å²) in [6.45, 7) is 1.90. The molecule has 0 aromatic rings. The van der Waals surface area contributed by atoms with Gasteiger partial charge in [-0.1, -0.05) is 12.2 Å². The van der Waals surface area contributed by atoms with Gasteiger partial charge in [0.05, 0.1) is 0 Å². The van der Waals surface area contributed by atoms with Crippen molar-refractivity contribution in [3.63, 3.8) is 0 Å². The van der Waals surface area contributed by atoms with Gasteiger partial charge in [-0.3, -0.25) is 0 Å². The van der Waals surface area contributed by atoms with E-state index in [2.05, 4.69) is 0 Å². The molecule has 0 saturated heterocycles. The fourth-order valence-electron chi connectivity index (χ4n) is 0.331. The highest BCUT2D eigenvalue weighted by atomic mass is 16.3. The summed E-state index contributed by atoms with van der Waals surface area (Å²) in [7, 11) is 3.57. The molecule has 1 N–H and O–H groups in total. The molecule has 0 spiro atoms. The number of aliphatic hydroxyl groups is 1. The van der Waals surface area contributed by atoms with Gasteiger partial charge in [-0.25, -0.2) is 0 Å². The molecular weight excluding hydrogens is 114 g/mol. The van der Waals surface area contributed by atoms with Gasteiger partial charge in [-0.15, -0.1) is 0 Å². The Balaban J connectivity index is 3.84. The van der Waals surface area contributed by atoms with E-state index in [0.29, 0.717) is 0 Å². The molecule has 2 heteroatoms. The first-order valence-corrected chi connectivity index (χ1v) is 2.87. The molecule has 0 unspecified atom stereocenters. The molecule has 0 radical (unpaired) electrons. The summed E-state index contributed by atoms with van der Waals surface area (Å²) in [5.74, 6) is 0.271. The van der Waals surface area contributed by atoms with Gasteiger partial charge in [0.25, 0.3) is 0 Å². The molecule has 0 rings (SSSR count). The predicted octanol–water partition coefficient (Wildman–Crippen LogP) is 1.52. The van der Waals surface area contributed by atoms with E-state index in [1.807, 2.05) is 13.0 Å². The lowest BCUT2D eigenvalue weighted by Crippen LogP contribution is -2.09. The maximum atomic E-state index is 8.99. The van der Waals surface area contributed by atoms with E-state index in [9.17, 15) is 0 Å². The topological polar surface area (TPSA) is 23.5 Å². The maximum Gasteiger partial charge on any atom is 0.186 e. The molecule has 2 nitrogen and oxygen atoms in total. The maximum absolute atomic E-state index is 8.99. The average Bonchev–Trinajstić information content (AvgIpc) is 1.82. The van der Waals surface area contributed by atoms with Crippen LogP contribution in [0.1, 0.15) is 6.92 Å². The number of rotatable bonds is 2. The highest BCUT2D eigenvalue weighted by Gasteiger charge is 1.88. The first-order chi connectivity index (χ1) is 4.18. The predicted molar refractivity (Wildman–Crippen MR) is 39.2 cm³/mol. The van der Waals surface area contributed by atoms with Crippen molar-refractivity contribution in [3.8, 4) is 0 Å². The largest absolute Gasteiger partial charge is 0.495 e. The Bertz CT molecular complexity index is 125. The lowest BCUT2D eigenvalue weighted by atomic mass is 10.5. The Morgan fingerprint density at radius 2 is 2.00 bits per heavy atom. The molecule has 52 valence electrons. The number of hydrogen-bond donors (Lipinski definition) is 1. The summed E-state index contributed by atoms with van der Waals surface area (Å²) >= 11 is 0. The van der Waals surface area contributed by atoms with Crippen molar-refractivity contribution in [3.05, 3.63) is 24.1 Å². The van der Waals surface area contributed by atoms with Crippen molar-refractivity contribution in [1.82, 2.24) is 4.90 Å². The van der Waals surface area contributed by atoms with E-state index in [1.54, 1.807) is 31.1 Å². The van der Waals surface area contributed by atoms with Gasteiger partial charge in [0, 0.05) is 14.1 Å². The summed E-state index contributed by atoms with van der Waals surface area (Å²) in [5, 5.41) is 8.99. The molecule has 0 bridgehead atoms. The van der Waals surface area contributed by atoms with Gasteiger partial charge in [0.1, 0.15) is 0 Å². The quantitative estimate of drug-likeness (QED) is 0.449. The van der Waals surface area contributed by atoms with E-state index in [-0.39, 0.29) is 5.88 Å². The van der Waals surface area contributed by atoms with E-state index in [0.717, 1.165) is 0 Å². The Hall–Kier alpha value is -0.920. The third-order valence-corrected chi connectivity index (χ3v) is 0.896. The lowest BCUT2D eigenvalue weighted by Gasteiger charge is -2.08. The standard InChI is InChI=1S/C7H13NO/c1-4-5-6-7(9)8(2)3/h4-6,9H,1-3H3/b5-4+,7-6-. The SMILES string of the molecule is C/C=C/C=C(\O)N(C)C. The van der Waals surface area contributed by atoms with Crippen LogP contribution in [-0.2, 0) is 0 Å². The Morgan fingerprint density at radius 1 is 1.44 bits per heavy atom. The molecule has 0 atom stereocenters. The summed E-state index contributed by atoms with van der Waals surface area (Å²) in [5.41, 5.74) is 0. The van der Waals surface area contributed by atoms with Crippen molar-refractivity contribution >= 4 is 0 Å². The van der Waals surface area contributed by atoms with E-state index >= 15 is 0 Å². The molecule has 0 aromatic heterocycles. The Kier molecular flexibility index (Phi) is 3.60. The molecule has 0 amide bonds. The van der Waals surface area contributed by atoms with Gasteiger partial charge in [0.2, 0.25) is 0 Å². The van der Waals surface area contributed by atoms with Crippen LogP contribution in [0.3, 0.4) is 0 Å².